The summed E-state index contributed by atoms with van der Waals surface area (Å²) in [6.07, 6.45) is 0.956. The minimum Gasteiger partial charge on any atom is -0.416 e. The summed E-state index contributed by atoms with van der Waals surface area (Å²) < 4.78 is 37.7. The van der Waals surface area contributed by atoms with Crippen LogP contribution in [-0.2, 0) is 16.5 Å². The minimum atomic E-state index is -3.63. The first-order valence-electron chi connectivity index (χ1n) is 24.8. The number of carbonyl (C=O) groups is 8. The molecule has 16 nitrogen and oxygen atoms in total. The zero-order valence-electron chi connectivity index (χ0n) is 43.2. The van der Waals surface area contributed by atoms with Crippen LogP contribution in [0.4, 0.5) is 0 Å². The van der Waals surface area contributed by atoms with Gasteiger partial charge in [0.2, 0.25) is 0 Å². The van der Waals surface area contributed by atoms with Crippen molar-refractivity contribution in [3.8, 4) is 0 Å². The van der Waals surface area contributed by atoms with Crippen LogP contribution in [0.25, 0.3) is 0 Å². The molecular formula is C48H36Br16N4O12Si4. The van der Waals surface area contributed by atoms with Gasteiger partial charge in [0.15, 0.2) is 0 Å². The molecule has 448 valence electrons. The maximum Gasteiger partial charge on any atom is 0.317 e. The molecule has 0 aliphatic carbocycles. The molecule has 5 heterocycles. The number of rotatable bonds is 16. The Kier molecular flexibility index (Phi) is 22.2. The van der Waals surface area contributed by atoms with Gasteiger partial charge in [-0.3, -0.25) is 58.0 Å². The summed E-state index contributed by atoms with van der Waals surface area (Å²) >= 11 is 56.1. The second-order valence-corrected chi connectivity index (χ2v) is 47.5. The quantitative estimate of drug-likeness (QED) is 0.0448. The Morgan fingerprint density at radius 2 is 0.357 bits per heavy atom. The monoisotopic (exact) mass is 2230 g/mol. The Morgan fingerprint density at radius 3 is 0.476 bits per heavy atom. The van der Waals surface area contributed by atoms with E-state index >= 15 is 0 Å². The van der Waals surface area contributed by atoms with E-state index in [1.165, 1.54) is 19.6 Å². The van der Waals surface area contributed by atoms with E-state index in [2.05, 4.69) is 255 Å². The Balaban J connectivity index is 1.03. The van der Waals surface area contributed by atoms with Gasteiger partial charge in [-0.15, -0.1) is 0 Å². The fourth-order valence-corrected chi connectivity index (χ4v) is 44.0. The summed E-state index contributed by atoms with van der Waals surface area (Å²) in [5.41, 5.74) is 1.64. The molecule has 0 radical (unpaired) electrons. The number of halogens is 16. The smallest absolute Gasteiger partial charge is 0.317 e. The fourth-order valence-electron chi connectivity index (χ4n) is 10.9. The molecule has 5 aliphatic heterocycles. The molecule has 36 heteroatoms. The van der Waals surface area contributed by atoms with Gasteiger partial charge in [0.1, 0.15) is 0 Å². The number of benzene rings is 4. The third kappa shape index (κ3) is 12.6. The summed E-state index contributed by atoms with van der Waals surface area (Å²) in [5, 5.41) is 0. The molecule has 0 N–H and O–H groups in total. The first kappa shape index (κ1) is 70.2. The predicted molar refractivity (Wildman–Crippen MR) is 379 cm³/mol. The van der Waals surface area contributed by atoms with E-state index in [9.17, 15) is 38.4 Å². The van der Waals surface area contributed by atoms with E-state index in [-0.39, 0.29) is 121 Å². The van der Waals surface area contributed by atoms with Gasteiger partial charge in [-0.1, -0.05) is 0 Å². The molecule has 8 amide bonds. The van der Waals surface area contributed by atoms with Crippen molar-refractivity contribution in [1.29, 1.82) is 0 Å². The van der Waals surface area contributed by atoms with Crippen molar-refractivity contribution in [2.24, 2.45) is 0 Å². The van der Waals surface area contributed by atoms with E-state index in [1.54, 1.807) is 0 Å². The van der Waals surface area contributed by atoms with Crippen molar-refractivity contribution in [2.45, 2.75) is 76.0 Å². The number of hydrogen-bond acceptors (Lipinski definition) is 12. The number of hydrogen-bond donors (Lipinski definition) is 0. The highest BCUT2D eigenvalue weighted by Gasteiger charge is 2.57. The van der Waals surface area contributed by atoms with Gasteiger partial charge in [0.25, 0.3) is 47.3 Å². The van der Waals surface area contributed by atoms with E-state index < -0.39 is 81.5 Å². The zero-order chi connectivity index (χ0) is 62.1. The lowest BCUT2D eigenvalue weighted by atomic mass is 10.1. The standard InChI is InChI=1S/C48H36Br16N4O12Si4/c1-81(13-5-9-65-41(69)17-18(42(65)70)26(50)34(58)33(57)25(17)49)77-82(2,14-6-10-66-43(71)19-20(44(66)72)28(52)36(60)35(59)27(19)51)79-84(4,16-8-12-68-47(75)23-24(48(68)76)32(56)40(64)39(63)31(23)55)80-83(3,78-81)15-7-11-67-45(73)21-22(46(67)74)30(54)38(62)37(61)29(21)53/h5-16H2,1-4H3. The van der Waals surface area contributed by atoms with Crippen LogP contribution in [0.5, 0.6) is 0 Å². The van der Waals surface area contributed by atoms with Crippen molar-refractivity contribution in [3.05, 3.63) is 116 Å². The zero-order valence-corrected chi connectivity index (χ0v) is 72.6. The predicted octanol–water partition coefficient (Wildman–Crippen LogP) is 19.3. The van der Waals surface area contributed by atoms with Gasteiger partial charge in [-0.25, -0.2) is 0 Å². The maximum atomic E-state index is 14.1. The van der Waals surface area contributed by atoms with Crippen LogP contribution in [0.3, 0.4) is 0 Å². The van der Waals surface area contributed by atoms with Gasteiger partial charge in [-0.2, -0.15) is 0 Å². The van der Waals surface area contributed by atoms with Crippen LogP contribution < -0.4 is 0 Å². The Hall–Kier alpha value is 1.83. The van der Waals surface area contributed by atoms with Crippen molar-refractivity contribution in [1.82, 2.24) is 19.6 Å². The summed E-state index contributed by atoms with van der Waals surface area (Å²) in [6, 6.07) is 0.936. The molecule has 9 rings (SSSR count). The van der Waals surface area contributed by atoms with Crippen molar-refractivity contribution < 1.29 is 54.8 Å². The minimum absolute atomic E-state index is 0.00642. The van der Waals surface area contributed by atoms with Crippen LogP contribution in [0.15, 0.2) is 71.6 Å². The number of fused-ring (bicyclic) bond motifs is 4. The van der Waals surface area contributed by atoms with Crippen LogP contribution in [0.2, 0.25) is 50.4 Å². The number of amides is 8. The molecule has 0 aromatic heterocycles. The maximum absolute atomic E-state index is 14.1. The molecule has 0 spiro atoms. The molecule has 0 saturated carbocycles. The molecule has 1 saturated heterocycles. The third-order valence-corrected chi connectivity index (χ3v) is 52.5. The van der Waals surface area contributed by atoms with Gasteiger partial charge in [0.05, 0.1) is 44.5 Å². The average Bonchev–Trinajstić information content (AvgIpc) is 2.36. The van der Waals surface area contributed by atoms with E-state index in [0.717, 1.165) is 0 Å². The lowest BCUT2D eigenvalue weighted by Crippen LogP contribution is -2.67. The lowest BCUT2D eigenvalue weighted by Gasteiger charge is -2.50. The molecule has 0 atom stereocenters. The highest BCUT2D eigenvalue weighted by Crippen LogP contribution is 2.51. The molecule has 4 aromatic carbocycles. The lowest BCUT2D eigenvalue weighted by molar-refractivity contribution is 0.0638. The number of imide groups is 4. The van der Waals surface area contributed by atoms with Crippen LogP contribution >= 0.6 is 255 Å². The molecule has 5 aliphatic rings. The SMILES string of the molecule is C[Si]1(CCCN2C(=O)c3c(Br)c(Br)c(Br)c(Br)c3C2=O)O[Si](C)(CCCN2C(=O)c3c(Br)c(Br)c(Br)c(Br)c3C2=O)O[Si](C)(CCCN2C(=O)c3c(Br)c(Br)c(Br)c(Br)c3C2=O)O[Si](C)(CCCN2C(=O)c3c(Br)c(Br)c(Br)c(Br)c3C2=O)O1. The topological polar surface area (TPSA) is 186 Å². The Bertz CT molecular complexity index is 3050. The molecular weight excluding hydrogens is 2220 g/mol. The van der Waals surface area contributed by atoms with Gasteiger partial charge < -0.3 is 16.5 Å². The number of nitrogens with zero attached hydrogens (tertiary/aromatic N) is 4. The van der Waals surface area contributed by atoms with Crippen molar-refractivity contribution in [2.75, 3.05) is 26.2 Å². The molecule has 0 bridgehead atoms. The number of carbonyl (C=O) groups excluding carboxylic acids is 8. The van der Waals surface area contributed by atoms with Gasteiger partial charge in [0, 0.05) is 97.7 Å². The summed E-state index contributed by atoms with van der Waals surface area (Å²) in [4.78, 5) is 118. The normalized spacial score (nSPS) is 23.2. The molecule has 0 unspecified atom stereocenters. The molecule has 84 heavy (non-hydrogen) atoms. The van der Waals surface area contributed by atoms with Crippen molar-refractivity contribution in [3.63, 3.8) is 0 Å². The third-order valence-electron chi connectivity index (χ3n) is 14.5. The summed E-state index contributed by atoms with van der Waals surface area (Å²) in [7, 11) is -14.5. The van der Waals surface area contributed by atoms with Gasteiger partial charge >= 0.3 is 34.2 Å². The fraction of sp³-hybridized carbons (Fsp3) is 0.333. The van der Waals surface area contributed by atoms with E-state index in [0.29, 0.717) is 71.6 Å². The van der Waals surface area contributed by atoms with Crippen LogP contribution in [-0.4, -0.2) is 127 Å². The summed E-state index contributed by atoms with van der Waals surface area (Å²) in [5.74, 6) is -3.93. The molecule has 1 fully saturated rings. The first-order valence-corrected chi connectivity index (χ1v) is 47.5. The second kappa shape index (κ2) is 26.6. The van der Waals surface area contributed by atoms with Crippen LogP contribution in [0, 0.1) is 0 Å². The second-order valence-electron chi connectivity index (χ2n) is 20.4. The Labute approximate surface area is 620 Å². The summed E-state index contributed by atoms with van der Waals surface area (Å²) in [6.45, 7) is 7.54. The average molecular weight is 2250 g/mol. The van der Waals surface area contributed by atoms with E-state index in [4.69, 9.17) is 16.5 Å². The van der Waals surface area contributed by atoms with Gasteiger partial charge in [-0.05, 0) is 331 Å². The highest BCUT2D eigenvalue weighted by molar-refractivity contribution is 9.17. The first-order chi connectivity index (χ1) is 39.1. The molecule has 4 aromatic rings. The largest absolute Gasteiger partial charge is 0.416 e. The van der Waals surface area contributed by atoms with Crippen molar-refractivity contribution >= 4 is 336 Å². The van der Waals surface area contributed by atoms with Crippen LogP contribution in [0.1, 0.15) is 109 Å². The van der Waals surface area contributed by atoms with E-state index in [1.807, 2.05) is 26.2 Å². The highest BCUT2D eigenvalue weighted by atomic mass is 79.9. The Morgan fingerprint density at radius 1 is 0.238 bits per heavy atom.